The van der Waals surface area contributed by atoms with Crippen LogP contribution in [0.4, 0.5) is 0 Å². The van der Waals surface area contributed by atoms with E-state index in [4.69, 9.17) is 4.74 Å². The Morgan fingerprint density at radius 2 is 1.77 bits per heavy atom. The fraction of sp³-hybridized carbons (Fsp3) is 0.316. The van der Waals surface area contributed by atoms with E-state index in [-0.39, 0.29) is 17.3 Å². The fourth-order valence-electron chi connectivity index (χ4n) is 2.52. The van der Waals surface area contributed by atoms with Crippen LogP contribution in [0.15, 0.2) is 59.5 Å². The van der Waals surface area contributed by atoms with Gasteiger partial charge in [0.15, 0.2) is 9.84 Å². The summed E-state index contributed by atoms with van der Waals surface area (Å²) in [6.45, 7) is 1.24. The van der Waals surface area contributed by atoms with Crippen LogP contribution < -0.4 is 10.6 Å². The Morgan fingerprint density at radius 1 is 1.08 bits per heavy atom. The Balaban J connectivity index is 2.24. The number of ether oxygens (including phenoxy) is 1. The Morgan fingerprint density at radius 3 is 2.42 bits per heavy atom. The SMILES string of the molecule is COCCNCC(=O)NC(c1ccccc1)c1cccc(S(C)(=O)=O)c1. The number of amides is 1. The summed E-state index contributed by atoms with van der Waals surface area (Å²) >= 11 is 0. The van der Waals surface area contributed by atoms with E-state index in [0.29, 0.717) is 18.7 Å². The molecule has 0 saturated heterocycles. The third-order valence-electron chi connectivity index (χ3n) is 3.83. The van der Waals surface area contributed by atoms with Crippen LogP contribution in [0, 0.1) is 0 Å². The van der Waals surface area contributed by atoms with Gasteiger partial charge >= 0.3 is 0 Å². The highest BCUT2D eigenvalue weighted by Crippen LogP contribution is 2.24. The largest absolute Gasteiger partial charge is 0.383 e. The van der Waals surface area contributed by atoms with Crippen LogP contribution in [0.3, 0.4) is 0 Å². The first kappa shape index (κ1) is 20.1. The molecule has 26 heavy (non-hydrogen) atoms. The summed E-state index contributed by atoms with van der Waals surface area (Å²) in [5.74, 6) is -0.181. The highest BCUT2D eigenvalue weighted by Gasteiger charge is 2.18. The molecule has 0 spiro atoms. The number of rotatable bonds is 9. The molecule has 0 radical (unpaired) electrons. The molecular formula is C19H24N2O4S. The minimum absolute atomic E-state index is 0.151. The van der Waals surface area contributed by atoms with Gasteiger partial charge in [-0.3, -0.25) is 4.79 Å². The maximum atomic E-state index is 12.3. The molecular weight excluding hydrogens is 352 g/mol. The number of methoxy groups -OCH3 is 1. The molecule has 2 aromatic carbocycles. The molecule has 0 saturated carbocycles. The predicted molar refractivity (Wildman–Crippen MR) is 101 cm³/mol. The zero-order valence-corrected chi connectivity index (χ0v) is 15.8. The van der Waals surface area contributed by atoms with Gasteiger partial charge in [-0.05, 0) is 23.3 Å². The first-order valence-electron chi connectivity index (χ1n) is 8.26. The van der Waals surface area contributed by atoms with Crippen molar-refractivity contribution in [3.63, 3.8) is 0 Å². The molecule has 0 aliphatic carbocycles. The number of sulfone groups is 1. The molecule has 1 atom stereocenters. The van der Waals surface area contributed by atoms with Crippen LogP contribution in [-0.4, -0.2) is 47.4 Å². The molecule has 2 rings (SSSR count). The highest BCUT2D eigenvalue weighted by molar-refractivity contribution is 7.90. The van der Waals surface area contributed by atoms with Crippen molar-refractivity contribution >= 4 is 15.7 Å². The third-order valence-corrected chi connectivity index (χ3v) is 4.94. The topological polar surface area (TPSA) is 84.5 Å². The van der Waals surface area contributed by atoms with Crippen molar-refractivity contribution in [1.29, 1.82) is 0 Å². The first-order chi connectivity index (χ1) is 12.4. The summed E-state index contributed by atoms with van der Waals surface area (Å²) in [4.78, 5) is 12.5. The lowest BCUT2D eigenvalue weighted by Gasteiger charge is -2.20. The van der Waals surface area contributed by atoms with Crippen LogP contribution in [0.5, 0.6) is 0 Å². The second kappa shape index (κ2) is 9.47. The number of benzene rings is 2. The second-order valence-electron chi connectivity index (χ2n) is 5.93. The highest BCUT2D eigenvalue weighted by atomic mass is 32.2. The van der Waals surface area contributed by atoms with Gasteiger partial charge in [0.05, 0.1) is 24.1 Å². The average Bonchev–Trinajstić information content (AvgIpc) is 2.63. The van der Waals surface area contributed by atoms with Gasteiger partial charge in [0.2, 0.25) is 5.91 Å². The molecule has 1 amide bonds. The summed E-state index contributed by atoms with van der Waals surface area (Å²) in [6, 6.07) is 15.7. The normalized spacial score (nSPS) is 12.5. The molecule has 0 fully saturated rings. The van der Waals surface area contributed by atoms with Crippen molar-refractivity contribution < 1.29 is 17.9 Å². The number of nitrogens with one attached hydrogen (secondary N) is 2. The number of hydrogen-bond acceptors (Lipinski definition) is 5. The molecule has 2 aromatic rings. The van der Waals surface area contributed by atoms with Crippen molar-refractivity contribution in [2.24, 2.45) is 0 Å². The summed E-state index contributed by atoms with van der Waals surface area (Å²) in [5, 5.41) is 5.97. The maximum absolute atomic E-state index is 12.3. The molecule has 7 heteroatoms. The lowest BCUT2D eigenvalue weighted by molar-refractivity contribution is -0.120. The summed E-state index contributed by atoms with van der Waals surface area (Å²) in [6.07, 6.45) is 1.17. The van der Waals surface area contributed by atoms with Crippen LogP contribution in [-0.2, 0) is 19.4 Å². The molecule has 0 bridgehead atoms. The van der Waals surface area contributed by atoms with Gasteiger partial charge < -0.3 is 15.4 Å². The molecule has 0 aliphatic rings. The molecule has 1 unspecified atom stereocenters. The van der Waals surface area contributed by atoms with Crippen LogP contribution in [0.25, 0.3) is 0 Å². The zero-order valence-electron chi connectivity index (χ0n) is 14.9. The van der Waals surface area contributed by atoms with Gasteiger partial charge in [0.25, 0.3) is 0 Å². The van der Waals surface area contributed by atoms with Crippen molar-refractivity contribution in [1.82, 2.24) is 10.6 Å². The quantitative estimate of drug-likeness (QED) is 0.649. The Bertz CT molecular complexity index is 822. The van der Waals surface area contributed by atoms with Crippen LogP contribution in [0.1, 0.15) is 17.2 Å². The van der Waals surface area contributed by atoms with Crippen molar-refractivity contribution in [2.75, 3.05) is 33.1 Å². The van der Waals surface area contributed by atoms with E-state index in [1.165, 1.54) is 6.26 Å². The minimum Gasteiger partial charge on any atom is -0.383 e. The van der Waals surface area contributed by atoms with E-state index in [2.05, 4.69) is 10.6 Å². The van der Waals surface area contributed by atoms with E-state index < -0.39 is 15.9 Å². The summed E-state index contributed by atoms with van der Waals surface area (Å²) in [5.41, 5.74) is 1.59. The summed E-state index contributed by atoms with van der Waals surface area (Å²) in [7, 11) is -1.73. The number of hydrogen-bond donors (Lipinski definition) is 2. The third kappa shape index (κ3) is 5.94. The van der Waals surface area contributed by atoms with Crippen LogP contribution in [0.2, 0.25) is 0 Å². The lowest BCUT2D eigenvalue weighted by atomic mass is 9.98. The van der Waals surface area contributed by atoms with Crippen molar-refractivity contribution in [3.05, 3.63) is 65.7 Å². The van der Waals surface area contributed by atoms with E-state index >= 15 is 0 Å². The van der Waals surface area contributed by atoms with Gasteiger partial charge in [-0.15, -0.1) is 0 Å². The van der Waals surface area contributed by atoms with E-state index in [1.54, 1.807) is 25.3 Å². The van der Waals surface area contributed by atoms with Crippen molar-refractivity contribution in [2.45, 2.75) is 10.9 Å². The Labute approximate surface area is 154 Å². The zero-order chi connectivity index (χ0) is 19.0. The minimum atomic E-state index is -3.33. The smallest absolute Gasteiger partial charge is 0.234 e. The monoisotopic (exact) mass is 376 g/mol. The molecule has 2 N–H and O–H groups in total. The Hall–Kier alpha value is -2.22. The summed E-state index contributed by atoms with van der Waals surface area (Å²) < 4.78 is 28.7. The molecule has 0 heterocycles. The maximum Gasteiger partial charge on any atom is 0.234 e. The van der Waals surface area contributed by atoms with Gasteiger partial charge in [-0.1, -0.05) is 42.5 Å². The van der Waals surface area contributed by atoms with Crippen LogP contribution >= 0.6 is 0 Å². The molecule has 6 nitrogen and oxygen atoms in total. The van der Waals surface area contributed by atoms with Gasteiger partial charge in [0, 0.05) is 19.9 Å². The van der Waals surface area contributed by atoms with E-state index in [9.17, 15) is 13.2 Å². The van der Waals surface area contributed by atoms with Gasteiger partial charge in [-0.25, -0.2) is 8.42 Å². The molecule has 140 valence electrons. The van der Waals surface area contributed by atoms with E-state index in [1.807, 2.05) is 36.4 Å². The average molecular weight is 376 g/mol. The first-order valence-corrected chi connectivity index (χ1v) is 10.1. The lowest BCUT2D eigenvalue weighted by Crippen LogP contribution is -2.37. The standard InChI is InChI=1S/C19H24N2O4S/c1-25-12-11-20-14-18(22)21-19(15-7-4-3-5-8-15)16-9-6-10-17(13-16)26(2,23)24/h3-10,13,19-20H,11-12,14H2,1-2H3,(H,21,22). The Kier molecular flexibility index (Phi) is 7.32. The molecule has 0 aromatic heterocycles. The fourth-order valence-corrected chi connectivity index (χ4v) is 3.19. The number of carbonyl (C=O) groups is 1. The van der Waals surface area contributed by atoms with E-state index in [0.717, 1.165) is 5.56 Å². The van der Waals surface area contributed by atoms with Crippen molar-refractivity contribution in [3.8, 4) is 0 Å². The predicted octanol–water partition coefficient (Wildman–Crippen LogP) is 1.53. The van der Waals surface area contributed by atoms with Gasteiger partial charge in [-0.2, -0.15) is 0 Å². The molecule has 0 aliphatic heterocycles. The second-order valence-corrected chi connectivity index (χ2v) is 7.94. The number of carbonyl (C=O) groups excluding carboxylic acids is 1. The van der Waals surface area contributed by atoms with Gasteiger partial charge in [0.1, 0.15) is 0 Å².